The molecule has 3 heteroatoms. The van der Waals surface area contributed by atoms with Crippen LogP contribution in [-0.4, -0.2) is 9.97 Å². The van der Waals surface area contributed by atoms with E-state index in [1.807, 2.05) is 17.4 Å². The topological polar surface area (TPSA) is 25.8 Å². The predicted octanol–water partition coefficient (Wildman–Crippen LogP) is 13.0. The van der Waals surface area contributed by atoms with Crippen LogP contribution in [0.4, 0.5) is 0 Å². The molecule has 0 saturated carbocycles. The van der Waals surface area contributed by atoms with E-state index in [2.05, 4.69) is 166 Å². The molecule has 0 spiro atoms. The molecule has 0 unspecified atom stereocenters. The second kappa shape index (κ2) is 11.1. The lowest BCUT2D eigenvalue weighted by atomic mass is 9.81. The first kappa shape index (κ1) is 29.1. The number of benzene rings is 7. The van der Waals surface area contributed by atoms with Crippen molar-refractivity contribution in [3.8, 4) is 56.2 Å². The van der Waals surface area contributed by atoms with Gasteiger partial charge in [0.25, 0.3) is 0 Å². The van der Waals surface area contributed by atoms with Gasteiger partial charge in [-0.15, -0.1) is 11.3 Å². The summed E-state index contributed by atoms with van der Waals surface area (Å²) < 4.78 is 2.54. The Morgan fingerprint density at radius 3 is 2.00 bits per heavy atom. The summed E-state index contributed by atoms with van der Waals surface area (Å²) in [6.07, 6.45) is 0. The van der Waals surface area contributed by atoms with Crippen LogP contribution in [0.1, 0.15) is 25.0 Å². The first-order valence-electron chi connectivity index (χ1n) is 17.2. The van der Waals surface area contributed by atoms with Crippen molar-refractivity contribution in [1.29, 1.82) is 0 Å². The molecule has 1 aliphatic carbocycles. The fraction of sp³-hybridized carbons (Fsp3) is 0.0638. The lowest BCUT2D eigenvalue weighted by Gasteiger charge is -2.22. The van der Waals surface area contributed by atoms with Gasteiger partial charge in [0.1, 0.15) is 0 Å². The summed E-state index contributed by atoms with van der Waals surface area (Å²) in [6.45, 7) is 4.72. The van der Waals surface area contributed by atoms with Crippen LogP contribution in [-0.2, 0) is 5.41 Å². The molecular weight excluding hydrogens is 625 g/mol. The molecule has 1 aliphatic rings. The van der Waals surface area contributed by atoms with Gasteiger partial charge in [0, 0.05) is 42.3 Å². The Morgan fingerprint density at radius 2 is 1.12 bits per heavy atom. The van der Waals surface area contributed by atoms with Gasteiger partial charge in [-0.1, -0.05) is 141 Å². The minimum atomic E-state index is -0.0952. The largest absolute Gasteiger partial charge is 0.228 e. The smallest absolute Gasteiger partial charge is 0.160 e. The number of rotatable bonds is 4. The van der Waals surface area contributed by atoms with Crippen LogP contribution in [0.25, 0.3) is 87.1 Å². The van der Waals surface area contributed by atoms with Gasteiger partial charge in [0.05, 0.1) is 11.4 Å². The number of hydrogen-bond donors (Lipinski definition) is 0. The third kappa shape index (κ3) is 4.47. The Balaban J connectivity index is 1.16. The van der Waals surface area contributed by atoms with Crippen molar-refractivity contribution in [2.75, 3.05) is 0 Å². The highest BCUT2D eigenvalue weighted by molar-refractivity contribution is 7.26. The molecule has 50 heavy (non-hydrogen) atoms. The average molecular weight is 657 g/mol. The van der Waals surface area contributed by atoms with Crippen molar-refractivity contribution in [2.24, 2.45) is 0 Å². The number of fused-ring (bicyclic) bond motifs is 7. The van der Waals surface area contributed by atoms with Gasteiger partial charge in [-0.25, -0.2) is 9.97 Å². The molecular formula is C47H32N2S. The molecule has 0 saturated heterocycles. The van der Waals surface area contributed by atoms with Gasteiger partial charge >= 0.3 is 0 Å². The Morgan fingerprint density at radius 1 is 0.460 bits per heavy atom. The molecule has 236 valence electrons. The normalized spacial score (nSPS) is 13.2. The van der Waals surface area contributed by atoms with Gasteiger partial charge in [0.15, 0.2) is 5.82 Å². The third-order valence-corrected chi connectivity index (χ3v) is 11.7. The maximum Gasteiger partial charge on any atom is 0.160 e. The lowest BCUT2D eigenvalue weighted by Crippen LogP contribution is -2.14. The molecule has 0 N–H and O–H groups in total. The summed E-state index contributed by atoms with van der Waals surface area (Å²) >= 11 is 1.83. The summed E-state index contributed by atoms with van der Waals surface area (Å²) in [7, 11) is 0. The maximum atomic E-state index is 5.21. The number of hydrogen-bond acceptors (Lipinski definition) is 3. The van der Waals surface area contributed by atoms with Crippen LogP contribution in [0.2, 0.25) is 0 Å². The van der Waals surface area contributed by atoms with E-state index in [9.17, 15) is 0 Å². The van der Waals surface area contributed by atoms with Crippen LogP contribution in [0.3, 0.4) is 0 Å². The molecule has 0 atom stereocenters. The Bertz CT molecular complexity index is 2790. The molecule has 0 bridgehead atoms. The predicted molar refractivity (Wildman–Crippen MR) is 212 cm³/mol. The highest BCUT2D eigenvalue weighted by Crippen LogP contribution is 2.53. The molecule has 0 fully saturated rings. The van der Waals surface area contributed by atoms with Crippen molar-refractivity contribution in [2.45, 2.75) is 19.3 Å². The highest BCUT2D eigenvalue weighted by Gasteiger charge is 2.37. The second-order valence-electron chi connectivity index (χ2n) is 13.8. The molecule has 7 aromatic carbocycles. The summed E-state index contributed by atoms with van der Waals surface area (Å²) in [4.78, 5) is 10.4. The SMILES string of the molecule is CC1(C)c2cc3ccccc3cc2-c2c(-c3cccc(-c4cc(-c5cccc6c5sc5ccccc56)nc(-c5ccccc5)n4)c3)cccc21. The van der Waals surface area contributed by atoms with Gasteiger partial charge in [-0.05, 0) is 74.5 Å². The highest BCUT2D eigenvalue weighted by atomic mass is 32.1. The van der Waals surface area contributed by atoms with Crippen LogP contribution in [0.5, 0.6) is 0 Å². The standard InChI is InChI=1S/C47H32N2S/c1-47(2)39-23-12-20-34(44(39)38-26-30-15-6-7-16-31(30)27-40(38)47)32-17-10-18-33(25-32)41-28-42(49-46(48-41)29-13-4-3-5-14-29)37-22-11-21-36-35-19-8-9-24-43(35)50-45(36)37/h3-28H,1-2H3. The number of nitrogens with zero attached hydrogens (tertiary/aromatic N) is 2. The summed E-state index contributed by atoms with van der Waals surface area (Å²) in [5.41, 5.74) is 12.8. The quantitative estimate of drug-likeness (QED) is 0.188. The van der Waals surface area contributed by atoms with E-state index in [1.165, 1.54) is 64.3 Å². The van der Waals surface area contributed by atoms with E-state index < -0.39 is 0 Å². The van der Waals surface area contributed by atoms with E-state index in [0.717, 1.165) is 33.9 Å². The van der Waals surface area contributed by atoms with E-state index in [-0.39, 0.29) is 5.41 Å². The fourth-order valence-electron chi connectivity index (χ4n) is 7.96. The monoisotopic (exact) mass is 656 g/mol. The first-order valence-corrected chi connectivity index (χ1v) is 18.0. The molecule has 0 aliphatic heterocycles. The first-order chi connectivity index (χ1) is 24.5. The zero-order valence-electron chi connectivity index (χ0n) is 27.8. The third-order valence-electron chi connectivity index (χ3n) is 10.5. The number of thiophene rings is 1. The van der Waals surface area contributed by atoms with E-state index in [0.29, 0.717) is 0 Å². The van der Waals surface area contributed by atoms with E-state index in [1.54, 1.807) is 0 Å². The van der Waals surface area contributed by atoms with Crippen LogP contribution in [0, 0.1) is 0 Å². The van der Waals surface area contributed by atoms with Crippen LogP contribution in [0.15, 0.2) is 158 Å². The van der Waals surface area contributed by atoms with Crippen LogP contribution < -0.4 is 0 Å². The summed E-state index contributed by atoms with van der Waals surface area (Å²) in [6, 6.07) is 56.9. The molecule has 10 rings (SSSR count). The van der Waals surface area contributed by atoms with Crippen molar-refractivity contribution in [3.05, 3.63) is 169 Å². The van der Waals surface area contributed by atoms with Gasteiger partial charge in [-0.2, -0.15) is 0 Å². The zero-order valence-corrected chi connectivity index (χ0v) is 28.6. The molecule has 9 aromatic rings. The minimum Gasteiger partial charge on any atom is -0.228 e. The summed E-state index contributed by atoms with van der Waals surface area (Å²) in [5, 5.41) is 5.11. The second-order valence-corrected chi connectivity index (χ2v) is 14.8. The molecule has 2 heterocycles. The molecule has 0 amide bonds. The van der Waals surface area contributed by atoms with Crippen LogP contribution >= 0.6 is 11.3 Å². The van der Waals surface area contributed by atoms with Gasteiger partial charge in [0.2, 0.25) is 0 Å². The summed E-state index contributed by atoms with van der Waals surface area (Å²) in [5.74, 6) is 0.727. The molecule has 0 radical (unpaired) electrons. The molecule has 2 nitrogen and oxygen atoms in total. The Labute approximate surface area is 295 Å². The zero-order chi connectivity index (χ0) is 33.4. The fourth-order valence-corrected chi connectivity index (χ4v) is 9.18. The minimum absolute atomic E-state index is 0.0952. The van der Waals surface area contributed by atoms with Gasteiger partial charge in [-0.3, -0.25) is 0 Å². The average Bonchev–Trinajstić information content (AvgIpc) is 3.66. The van der Waals surface area contributed by atoms with Crippen molar-refractivity contribution in [3.63, 3.8) is 0 Å². The van der Waals surface area contributed by atoms with Crippen molar-refractivity contribution < 1.29 is 0 Å². The Kier molecular flexibility index (Phi) is 6.43. The molecule has 2 aromatic heterocycles. The van der Waals surface area contributed by atoms with Crippen molar-refractivity contribution in [1.82, 2.24) is 9.97 Å². The van der Waals surface area contributed by atoms with Crippen molar-refractivity contribution >= 4 is 42.3 Å². The maximum absolute atomic E-state index is 5.21. The van der Waals surface area contributed by atoms with Gasteiger partial charge < -0.3 is 0 Å². The number of aromatic nitrogens is 2. The Hall–Kier alpha value is -5.90. The van der Waals surface area contributed by atoms with E-state index in [4.69, 9.17) is 9.97 Å². The lowest BCUT2D eigenvalue weighted by molar-refractivity contribution is 0.661. The van der Waals surface area contributed by atoms with E-state index >= 15 is 0 Å².